The van der Waals surface area contributed by atoms with Crippen molar-refractivity contribution in [2.75, 3.05) is 14.2 Å². The number of rotatable bonds is 3. The molecule has 0 atom stereocenters. The van der Waals surface area contributed by atoms with Gasteiger partial charge in [0.2, 0.25) is 5.69 Å². The standard InChI is InChI=1S/C14H14N2O5/c1-15-5-4-9(7-15)12-6-10(13(17)20-2)11(8-16(12)19)14(18)21-3/h4-8H,1-3H3. The molecule has 0 fully saturated rings. The second-order valence-electron chi connectivity index (χ2n) is 4.36. The summed E-state index contributed by atoms with van der Waals surface area (Å²) < 4.78 is 11.5. The predicted octanol–water partition coefficient (Wildman–Crippen LogP) is 0.899. The Balaban J connectivity index is 2.65. The summed E-state index contributed by atoms with van der Waals surface area (Å²) in [5, 5.41) is 12.1. The summed E-state index contributed by atoms with van der Waals surface area (Å²) in [4.78, 5) is 23.5. The Hall–Kier alpha value is -2.83. The largest absolute Gasteiger partial charge is 0.618 e. The molecule has 0 bridgehead atoms. The van der Waals surface area contributed by atoms with Crippen LogP contribution in [0.1, 0.15) is 20.7 Å². The van der Waals surface area contributed by atoms with Crippen molar-refractivity contribution >= 4 is 11.9 Å². The molecular weight excluding hydrogens is 276 g/mol. The van der Waals surface area contributed by atoms with Gasteiger partial charge in [-0.3, -0.25) is 0 Å². The van der Waals surface area contributed by atoms with Crippen LogP contribution < -0.4 is 4.73 Å². The zero-order valence-corrected chi connectivity index (χ0v) is 11.8. The van der Waals surface area contributed by atoms with Gasteiger partial charge in [0, 0.05) is 25.5 Å². The molecule has 0 aliphatic rings. The lowest BCUT2D eigenvalue weighted by Crippen LogP contribution is -2.32. The molecule has 0 saturated carbocycles. The van der Waals surface area contributed by atoms with Crippen LogP contribution in [0.15, 0.2) is 30.7 Å². The smallest absolute Gasteiger partial charge is 0.344 e. The van der Waals surface area contributed by atoms with Crippen LogP contribution in [0.2, 0.25) is 0 Å². The van der Waals surface area contributed by atoms with E-state index in [2.05, 4.69) is 9.47 Å². The van der Waals surface area contributed by atoms with Gasteiger partial charge < -0.3 is 19.2 Å². The van der Waals surface area contributed by atoms with Crippen LogP contribution in [-0.4, -0.2) is 30.7 Å². The van der Waals surface area contributed by atoms with E-state index in [-0.39, 0.29) is 16.8 Å². The molecule has 0 aliphatic carbocycles. The molecular formula is C14H14N2O5. The minimum Gasteiger partial charge on any atom is -0.618 e. The predicted molar refractivity (Wildman–Crippen MR) is 72.5 cm³/mol. The van der Waals surface area contributed by atoms with Crippen LogP contribution in [0.25, 0.3) is 11.3 Å². The highest BCUT2D eigenvalue weighted by Gasteiger charge is 2.25. The number of aromatic nitrogens is 2. The van der Waals surface area contributed by atoms with Crippen molar-refractivity contribution in [3.63, 3.8) is 0 Å². The first-order chi connectivity index (χ1) is 9.97. The summed E-state index contributed by atoms with van der Waals surface area (Å²) in [6.07, 6.45) is 4.50. The Kier molecular flexibility index (Phi) is 3.93. The lowest BCUT2D eigenvalue weighted by Gasteiger charge is -2.09. The van der Waals surface area contributed by atoms with Gasteiger partial charge in [-0.25, -0.2) is 9.59 Å². The zero-order valence-electron chi connectivity index (χ0n) is 11.8. The van der Waals surface area contributed by atoms with E-state index >= 15 is 0 Å². The average Bonchev–Trinajstić information content (AvgIpc) is 2.91. The average molecular weight is 290 g/mol. The first-order valence-corrected chi connectivity index (χ1v) is 6.04. The molecule has 2 aromatic heterocycles. The number of nitrogens with zero attached hydrogens (tertiary/aromatic N) is 2. The van der Waals surface area contributed by atoms with E-state index in [1.165, 1.54) is 20.3 Å². The van der Waals surface area contributed by atoms with Crippen molar-refractivity contribution in [1.82, 2.24) is 4.57 Å². The normalized spacial score (nSPS) is 10.2. The Bertz CT molecular complexity index is 705. The summed E-state index contributed by atoms with van der Waals surface area (Å²) in [6, 6.07) is 3.04. The number of pyridine rings is 1. The van der Waals surface area contributed by atoms with Gasteiger partial charge in [0.05, 0.1) is 25.3 Å². The van der Waals surface area contributed by atoms with Crippen molar-refractivity contribution in [3.05, 3.63) is 47.1 Å². The third-order valence-corrected chi connectivity index (χ3v) is 2.99. The molecule has 0 spiro atoms. The molecule has 0 aliphatic heterocycles. The molecule has 0 radical (unpaired) electrons. The molecule has 110 valence electrons. The van der Waals surface area contributed by atoms with Crippen molar-refractivity contribution in [3.8, 4) is 11.3 Å². The third-order valence-electron chi connectivity index (χ3n) is 2.99. The lowest BCUT2D eigenvalue weighted by atomic mass is 10.1. The van der Waals surface area contributed by atoms with Crippen molar-refractivity contribution < 1.29 is 23.8 Å². The number of esters is 2. The minimum absolute atomic E-state index is 0.0182. The third kappa shape index (κ3) is 2.71. The summed E-state index contributed by atoms with van der Waals surface area (Å²) in [5.41, 5.74) is 0.701. The van der Waals surface area contributed by atoms with Crippen LogP contribution in [0.3, 0.4) is 0 Å². The molecule has 0 unspecified atom stereocenters. The van der Waals surface area contributed by atoms with Gasteiger partial charge in [0.15, 0.2) is 6.20 Å². The molecule has 2 rings (SSSR count). The molecule has 0 N–H and O–H groups in total. The maximum Gasteiger partial charge on any atom is 0.344 e. The Morgan fingerprint density at radius 2 is 1.81 bits per heavy atom. The van der Waals surface area contributed by atoms with E-state index < -0.39 is 11.9 Å². The van der Waals surface area contributed by atoms with E-state index in [9.17, 15) is 14.8 Å². The second-order valence-corrected chi connectivity index (χ2v) is 4.36. The molecule has 0 saturated heterocycles. The van der Waals surface area contributed by atoms with Gasteiger partial charge in [-0.2, -0.15) is 4.73 Å². The minimum atomic E-state index is -0.778. The molecule has 0 aromatic carbocycles. The Morgan fingerprint density at radius 3 is 2.33 bits per heavy atom. The fraction of sp³-hybridized carbons (Fsp3) is 0.214. The van der Waals surface area contributed by atoms with Crippen LogP contribution in [0.4, 0.5) is 0 Å². The number of hydrogen-bond donors (Lipinski definition) is 0. The quantitative estimate of drug-likeness (QED) is 0.476. The number of ether oxygens (including phenoxy) is 2. The first kappa shape index (κ1) is 14.6. The number of carbonyl (C=O) groups is 2. The van der Waals surface area contributed by atoms with E-state index in [1.54, 1.807) is 23.0 Å². The van der Waals surface area contributed by atoms with Crippen LogP contribution >= 0.6 is 0 Å². The fourth-order valence-electron chi connectivity index (χ4n) is 1.95. The zero-order chi connectivity index (χ0) is 15.6. The number of carbonyl (C=O) groups excluding carboxylic acids is 2. The Morgan fingerprint density at radius 1 is 1.19 bits per heavy atom. The molecule has 2 aromatic rings. The summed E-state index contributed by atoms with van der Waals surface area (Å²) in [7, 11) is 4.18. The highest BCUT2D eigenvalue weighted by atomic mass is 16.5. The highest BCUT2D eigenvalue weighted by molar-refractivity contribution is 6.03. The molecule has 21 heavy (non-hydrogen) atoms. The maximum atomic E-state index is 12.1. The topological polar surface area (TPSA) is 84.5 Å². The molecule has 2 heterocycles. The van der Waals surface area contributed by atoms with Gasteiger partial charge >= 0.3 is 11.9 Å². The molecule has 7 heteroatoms. The van der Waals surface area contributed by atoms with Crippen molar-refractivity contribution in [2.45, 2.75) is 0 Å². The van der Waals surface area contributed by atoms with Crippen molar-refractivity contribution in [2.24, 2.45) is 7.05 Å². The van der Waals surface area contributed by atoms with Crippen LogP contribution in [0.5, 0.6) is 0 Å². The van der Waals surface area contributed by atoms with Gasteiger partial charge in [-0.15, -0.1) is 0 Å². The monoisotopic (exact) mass is 290 g/mol. The summed E-state index contributed by atoms with van der Waals surface area (Å²) >= 11 is 0. The van der Waals surface area contributed by atoms with Gasteiger partial charge in [-0.05, 0) is 6.07 Å². The van der Waals surface area contributed by atoms with E-state index in [0.717, 1.165) is 6.20 Å². The maximum absolute atomic E-state index is 12.1. The van der Waals surface area contributed by atoms with Crippen molar-refractivity contribution in [1.29, 1.82) is 0 Å². The first-order valence-electron chi connectivity index (χ1n) is 6.04. The fourth-order valence-corrected chi connectivity index (χ4v) is 1.95. The molecule has 7 nitrogen and oxygen atoms in total. The van der Waals surface area contributed by atoms with Crippen LogP contribution in [0, 0.1) is 5.21 Å². The molecule has 0 amide bonds. The second kappa shape index (κ2) is 5.66. The summed E-state index contributed by atoms with van der Waals surface area (Å²) in [6.45, 7) is 0. The SMILES string of the molecule is COC(=O)c1cc(-c2ccn(C)c2)[n+]([O-])cc1C(=O)OC. The van der Waals surface area contributed by atoms with E-state index in [1.807, 2.05) is 7.05 Å². The van der Waals surface area contributed by atoms with E-state index in [0.29, 0.717) is 10.3 Å². The van der Waals surface area contributed by atoms with E-state index in [4.69, 9.17) is 0 Å². The summed E-state index contributed by atoms with van der Waals surface area (Å²) in [5.74, 6) is -1.49. The van der Waals surface area contributed by atoms with Gasteiger partial charge in [0.25, 0.3) is 0 Å². The van der Waals surface area contributed by atoms with Crippen LogP contribution in [-0.2, 0) is 16.5 Å². The Labute approximate surface area is 120 Å². The van der Waals surface area contributed by atoms with Gasteiger partial charge in [0.1, 0.15) is 5.56 Å². The number of aryl methyl sites for hydroxylation is 1. The van der Waals surface area contributed by atoms with Gasteiger partial charge in [-0.1, -0.05) is 0 Å². The highest BCUT2D eigenvalue weighted by Crippen LogP contribution is 2.20. The lowest BCUT2D eigenvalue weighted by molar-refractivity contribution is -0.593. The number of methoxy groups -OCH3 is 2. The number of hydrogen-bond acceptors (Lipinski definition) is 5.